The fraction of sp³-hybridized carbons (Fsp3) is 0.588. The molecule has 1 heterocycles. The summed E-state index contributed by atoms with van der Waals surface area (Å²) in [7, 11) is 0. The first-order chi connectivity index (χ1) is 8.81. The van der Waals surface area contributed by atoms with Gasteiger partial charge in [-0.1, -0.05) is 6.07 Å². The van der Waals surface area contributed by atoms with Gasteiger partial charge in [0.1, 0.15) is 0 Å². The largest absolute Gasteiger partial charge is 0.293 e. The summed E-state index contributed by atoms with van der Waals surface area (Å²) in [5, 5.41) is 0. The first-order valence-electron chi connectivity index (χ1n) is 7.17. The van der Waals surface area contributed by atoms with Gasteiger partial charge in [-0.2, -0.15) is 0 Å². The Morgan fingerprint density at radius 1 is 1.16 bits per heavy atom. The summed E-state index contributed by atoms with van der Waals surface area (Å²) >= 11 is 0. The highest BCUT2D eigenvalue weighted by atomic mass is 16.1. The van der Waals surface area contributed by atoms with Gasteiger partial charge in [0.25, 0.3) is 0 Å². The van der Waals surface area contributed by atoms with E-state index in [0.717, 1.165) is 17.7 Å². The van der Waals surface area contributed by atoms with Crippen molar-refractivity contribution in [3.05, 3.63) is 34.4 Å². The van der Waals surface area contributed by atoms with E-state index in [1.807, 2.05) is 6.92 Å². The minimum absolute atomic E-state index is 0.170. The van der Waals surface area contributed by atoms with Gasteiger partial charge in [0.15, 0.2) is 5.78 Å². The molecular formula is C17H25NO. The zero-order chi connectivity index (χ0) is 14.2. The standard InChI is InChI=1S/C17H25NO/c1-12-9-14(3)15(10-13(12)2)16(19)11-18-8-6-7-17(18,4)5/h9-10H,6-8,11H2,1-5H3. The molecule has 1 saturated heterocycles. The van der Waals surface area contributed by atoms with E-state index in [1.54, 1.807) is 0 Å². The monoisotopic (exact) mass is 259 g/mol. The number of carbonyl (C=O) groups excluding carboxylic acids is 1. The average Bonchev–Trinajstić information content (AvgIpc) is 2.63. The lowest BCUT2D eigenvalue weighted by molar-refractivity contribution is 0.0870. The molecule has 0 bridgehead atoms. The van der Waals surface area contributed by atoms with Crippen molar-refractivity contribution in [1.82, 2.24) is 4.90 Å². The highest BCUT2D eigenvalue weighted by molar-refractivity contribution is 5.99. The molecule has 1 aromatic rings. The summed E-state index contributed by atoms with van der Waals surface area (Å²) in [5.41, 5.74) is 4.63. The molecule has 2 nitrogen and oxygen atoms in total. The van der Waals surface area contributed by atoms with Crippen molar-refractivity contribution in [1.29, 1.82) is 0 Å². The maximum Gasteiger partial charge on any atom is 0.177 e. The van der Waals surface area contributed by atoms with Crippen LogP contribution in [0.2, 0.25) is 0 Å². The number of rotatable bonds is 3. The van der Waals surface area contributed by atoms with Gasteiger partial charge in [-0.15, -0.1) is 0 Å². The number of Topliss-reactive ketones (excluding diaryl/α,β-unsaturated/α-hetero) is 1. The van der Waals surface area contributed by atoms with E-state index < -0.39 is 0 Å². The number of hydrogen-bond donors (Lipinski definition) is 0. The highest BCUT2D eigenvalue weighted by Crippen LogP contribution is 2.28. The number of likely N-dealkylation sites (tertiary alicyclic amines) is 1. The molecule has 0 unspecified atom stereocenters. The zero-order valence-electron chi connectivity index (χ0n) is 12.8. The Hall–Kier alpha value is -1.15. The van der Waals surface area contributed by atoms with Crippen molar-refractivity contribution in [2.45, 2.75) is 53.0 Å². The van der Waals surface area contributed by atoms with Gasteiger partial charge in [0, 0.05) is 11.1 Å². The Kier molecular flexibility index (Phi) is 3.82. The maximum atomic E-state index is 12.5. The second kappa shape index (κ2) is 5.09. The van der Waals surface area contributed by atoms with Crippen molar-refractivity contribution in [2.24, 2.45) is 0 Å². The van der Waals surface area contributed by atoms with Gasteiger partial charge < -0.3 is 0 Å². The van der Waals surface area contributed by atoms with Gasteiger partial charge in [0.2, 0.25) is 0 Å². The minimum atomic E-state index is 0.170. The summed E-state index contributed by atoms with van der Waals surface area (Å²) in [4.78, 5) is 14.9. The Morgan fingerprint density at radius 3 is 2.37 bits per heavy atom. The van der Waals surface area contributed by atoms with Crippen LogP contribution < -0.4 is 0 Å². The molecule has 0 saturated carbocycles. The Bertz CT molecular complexity index is 502. The molecule has 19 heavy (non-hydrogen) atoms. The third-order valence-electron chi connectivity index (χ3n) is 4.55. The molecule has 0 aliphatic carbocycles. The highest BCUT2D eigenvalue weighted by Gasteiger charge is 2.33. The molecular weight excluding hydrogens is 234 g/mol. The molecule has 0 atom stereocenters. The molecule has 0 spiro atoms. The number of hydrogen-bond acceptors (Lipinski definition) is 2. The summed E-state index contributed by atoms with van der Waals surface area (Å²) < 4.78 is 0. The van der Waals surface area contributed by atoms with Gasteiger partial charge in [-0.05, 0) is 76.8 Å². The second-order valence-corrected chi connectivity index (χ2v) is 6.51. The third kappa shape index (κ3) is 2.89. The van der Waals surface area contributed by atoms with Crippen LogP contribution in [0.1, 0.15) is 53.7 Å². The molecule has 2 rings (SSSR count). The summed E-state index contributed by atoms with van der Waals surface area (Å²) in [6, 6.07) is 4.17. The van der Waals surface area contributed by atoms with Crippen LogP contribution in [-0.2, 0) is 0 Å². The molecule has 1 aliphatic heterocycles. The average molecular weight is 259 g/mol. The lowest BCUT2D eigenvalue weighted by Crippen LogP contribution is -2.41. The quantitative estimate of drug-likeness (QED) is 0.772. The molecule has 1 aliphatic rings. The smallest absolute Gasteiger partial charge is 0.177 e. The Morgan fingerprint density at radius 2 is 1.79 bits per heavy atom. The van der Waals surface area contributed by atoms with Gasteiger partial charge in [0.05, 0.1) is 6.54 Å². The van der Waals surface area contributed by atoms with Gasteiger partial charge in [-0.3, -0.25) is 9.69 Å². The summed E-state index contributed by atoms with van der Waals surface area (Å²) in [6.45, 7) is 12.3. The molecule has 2 heteroatoms. The predicted octanol–water partition coefficient (Wildman–Crippen LogP) is 3.67. The van der Waals surface area contributed by atoms with Crippen LogP contribution in [0.3, 0.4) is 0 Å². The van der Waals surface area contributed by atoms with Crippen molar-refractivity contribution in [3.8, 4) is 0 Å². The first-order valence-corrected chi connectivity index (χ1v) is 7.17. The number of benzene rings is 1. The van der Waals surface area contributed by atoms with Crippen LogP contribution in [-0.4, -0.2) is 29.3 Å². The van der Waals surface area contributed by atoms with Crippen LogP contribution in [0.5, 0.6) is 0 Å². The fourth-order valence-electron chi connectivity index (χ4n) is 2.98. The van der Waals surface area contributed by atoms with Crippen LogP contribution in [0.25, 0.3) is 0 Å². The molecule has 1 aromatic carbocycles. The lowest BCUT2D eigenvalue weighted by Gasteiger charge is -2.31. The van der Waals surface area contributed by atoms with Gasteiger partial charge in [-0.25, -0.2) is 0 Å². The first kappa shape index (κ1) is 14.3. The molecule has 104 valence electrons. The van der Waals surface area contributed by atoms with E-state index in [1.165, 1.54) is 24.0 Å². The van der Waals surface area contributed by atoms with Crippen molar-refractivity contribution < 1.29 is 4.79 Å². The minimum Gasteiger partial charge on any atom is -0.293 e. The molecule has 0 radical (unpaired) electrons. The van der Waals surface area contributed by atoms with E-state index in [4.69, 9.17) is 0 Å². The Labute approximate surface area is 116 Å². The number of ketones is 1. The van der Waals surface area contributed by atoms with Crippen molar-refractivity contribution >= 4 is 5.78 Å². The van der Waals surface area contributed by atoms with Crippen LogP contribution in [0.15, 0.2) is 12.1 Å². The zero-order valence-corrected chi connectivity index (χ0v) is 12.8. The fourth-order valence-corrected chi connectivity index (χ4v) is 2.98. The van der Waals surface area contributed by atoms with E-state index in [0.29, 0.717) is 6.54 Å². The topological polar surface area (TPSA) is 20.3 Å². The second-order valence-electron chi connectivity index (χ2n) is 6.51. The molecule has 0 N–H and O–H groups in total. The Balaban J connectivity index is 2.19. The molecule has 0 amide bonds. The lowest BCUT2D eigenvalue weighted by atomic mass is 9.97. The predicted molar refractivity (Wildman–Crippen MR) is 79.9 cm³/mol. The SMILES string of the molecule is Cc1cc(C)c(C(=O)CN2CCCC2(C)C)cc1C. The summed E-state index contributed by atoms with van der Waals surface area (Å²) in [5.74, 6) is 0.260. The third-order valence-corrected chi connectivity index (χ3v) is 4.55. The normalized spacial score (nSPS) is 18.8. The van der Waals surface area contributed by atoms with E-state index >= 15 is 0 Å². The number of aryl methyl sites for hydroxylation is 3. The van der Waals surface area contributed by atoms with E-state index in [-0.39, 0.29) is 11.3 Å². The number of carbonyl (C=O) groups is 1. The maximum absolute atomic E-state index is 12.5. The van der Waals surface area contributed by atoms with Crippen LogP contribution >= 0.6 is 0 Å². The van der Waals surface area contributed by atoms with Crippen LogP contribution in [0, 0.1) is 20.8 Å². The van der Waals surface area contributed by atoms with Crippen molar-refractivity contribution in [2.75, 3.05) is 13.1 Å². The van der Waals surface area contributed by atoms with E-state index in [9.17, 15) is 4.79 Å². The van der Waals surface area contributed by atoms with Crippen molar-refractivity contribution in [3.63, 3.8) is 0 Å². The number of nitrogens with zero attached hydrogens (tertiary/aromatic N) is 1. The molecule has 1 fully saturated rings. The van der Waals surface area contributed by atoms with Gasteiger partial charge >= 0.3 is 0 Å². The van der Waals surface area contributed by atoms with E-state index in [2.05, 4.69) is 44.7 Å². The van der Waals surface area contributed by atoms with Crippen LogP contribution in [0.4, 0.5) is 0 Å². The molecule has 0 aromatic heterocycles. The summed E-state index contributed by atoms with van der Waals surface area (Å²) in [6.07, 6.45) is 2.39.